The van der Waals surface area contributed by atoms with Crippen LogP contribution in [-0.4, -0.2) is 0 Å². The highest BCUT2D eigenvalue weighted by Crippen LogP contribution is 2.45. The Labute approximate surface area is 164 Å². The van der Waals surface area contributed by atoms with E-state index in [0.29, 0.717) is 0 Å². The third kappa shape index (κ3) is 7.25. The molecule has 0 N–H and O–H groups in total. The number of nitrogens with zero attached hydrogens (tertiary/aromatic N) is 1. The molecule has 1 nitrogen and oxygen atoms in total. The van der Waals surface area contributed by atoms with E-state index in [1.54, 1.807) is 0 Å². The Bertz CT molecular complexity index is 391. The smallest absolute Gasteiger partial charge is 0.0689 e. The molecule has 1 heteroatoms. The van der Waals surface area contributed by atoms with Gasteiger partial charge in [-0.05, 0) is 56.3 Å². The highest BCUT2D eigenvalue weighted by Gasteiger charge is 2.35. The van der Waals surface area contributed by atoms with Gasteiger partial charge in [0.2, 0.25) is 0 Å². The second kappa shape index (κ2) is 12.0. The Kier molecular flexibility index (Phi) is 10.1. The molecule has 0 amide bonds. The molecule has 0 aromatic carbocycles. The third-order valence-corrected chi connectivity index (χ3v) is 7.73. The summed E-state index contributed by atoms with van der Waals surface area (Å²) >= 11 is 0. The minimum Gasteiger partial charge on any atom is -0.198 e. The summed E-state index contributed by atoms with van der Waals surface area (Å²) in [6.45, 7) is 4.60. The average Bonchev–Trinajstić information content (AvgIpc) is 2.70. The van der Waals surface area contributed by atoms with Crippen LogP contribution < -0.4 is 0 Å². The van der Waals surface area contributed by atoms with Gasteiger partial charge in [0.15, 0.2) is 0 Å². The maximum atomic E-state index is 9.87. The van der Waals surface area contributed by atoms with Crippen LogP contribution in [0, 0.1) is 34.5 Å². The molecule has 26 heavy (non-hydrogen) atoms. The first-order valence-corrected chi connectivity index (χ1v) is 12.1. The predicted octanol–water partition coefficient (Wildman–Crippen LogP) is 8.43. The number of rotatable bonds is 11. The minimum atomic E-state index is 0.0414. The van der Waals surface area contributed by atoms with Gasteiger partial charge in [-0.15, -0.1) is 0 Å². The molecule has 0 unspecified atom stereocenters. The Morgan fingerprint density at radius 3 is 1.81 bits per heavy atom. The zero-order chi connectivity index (χ0) is 18.7. The van der Waals surface area contributed by atoms with Gasteiger partial charge in [-0.25, -0.2) is 0 Å². The van der Waals surface area contributed by atoms with Crippen LogP contribution in [0.25, 0.3) is 0 Å². The van der Waals surface area contributed by atoms with E-state index in [9.17, 15) is 5.26 Å². The van der Waals surface area contributed by atoms with E-state index in [1.807, 2.05) is 0 Å². The fourth-order valence-electron chi connectivity index (χ4n) is 5.58. The minimum absolute atomic E-state index is 0.0414. The quantitative estimate of drug-likeness (QED) is 0.339. The fraction of sp³-hybridized carbons (Fsp3) is 0.960. The lowest BCUT2D eigenvalue weighted by Crippen LogP contribution is -2.27. The molecule has 150 valence electrons. The lowest BCUT2D eigenvalue weighted by molar-refractivity contribution is 0.163. The van der Waals surface area contributed by atoms with E-state index in [0.717, 1.165) is 17.8 Å². The monoisotopic (exact) mass is 359 g/mol. The number of unbranched alkanes of at least 4 members (excludes halogenated alkanes) is 4. The van der Waals surface area contributed by atoms with Crippen LogP contribution in [0.4, 0.5) is 0 Å². The Hall–Kier alpha value is -0.510. The van der Waals surface area contributed by atoms with Crippen molar-refractivity contribution in [2.75, 3.05) is 0 Å². The van der Waals surface area contributed by atoms with E-state index in [-0.39, 0.29) is 5.41 Å². The summed E-state index contributed by atoms with van der Waals surface area (Å²) < 4.78 is 0. The van der Waals surface area contributed by atoms with Crippen LogP contribution >= 0.6 is 0 Å². The zero-order valence-electron chi connectivity index (χ0n) is 17.9. The largest absolute Gasteiger partial charge is 0.198 e. The van der Waals surface area contributed by atoms with Gasteiger partial charge in [-0.3, -0.25) is 0 Å². The second-order valence-electron chi connectivity index (χ2n) is 9.75. The molecule has 0 aromatic rings. The van der Waals surface area contributed by atoms with E-state index in [2.05, 4.69) is 19.9 Å². The fourth-order valence-corrected chi connectivity index (χ4v) is 5.58. The first-order valence-electron chi connectivity index (χ1n) is 12.1. The number of nitriles is 1. The van der Waals surface area contributed by atoms with Crippen molar-refractivity contribution in [3.63, 3.8) is 0 Å². The van der Waals surface area contributed by atoms with Crippen LogP contribution in [0.15, 0.2) is 0 Å². The molecule has 0 atom stereocenters. The van der Waals surface area contributed by atoms with Crippen molar-refractivity contribution in [3.05, 3.63) is 0 Å². The van der Waals surface area contributed by atoms with Gasteiger partial charge in [-0.2, -0.15) is 5.26 Å². The van der Waals surface area contributed by atoms with E-state index >= 15 is 0 Å². The molecule has 2 saturated carbocycles. The molecule has 2 fully saturated rings. The molecule has 0 heterocycles. The lowest BCUT2D eigenvalue weighted by atomic mass is 9.66. The van der Waals surface area contributed by atoms with Crippen molar-refractivity contribution >= 4 is 0 Å². The summed E-state index contributed by atoms with van der Waals surface area (Å²) in [6, 6.07) is 2.78. The van der Waals surface area contributed by atoms with Gasteiger partial charge in [-0.1, -0.05) is 90.9 Å². The van der Waals surface area contributed by atoms with Gasteiger partial charge in [0.1, 0.15) is 0 Å². The van der Waals surface area contributed by atoms with Gasteiger partial charge in [0, 0.05) is 0 Å². The highest BCUT2D eigenvalue weighted by atomic mass is 14.4. The van der Waals surface area contributed by atoms with Gasteiger partial charge in [0.05, 0.1) is 11.5 Å². The molecule has 2 aliphatic carbocycles. The van der Waals surface area contributed by atoms with Crippen LogP contribution in [0.1, 0.15) is 129 Å². The van der Waals surface area contributed by atoms with Gasteiger partial charge in [0.25, 0.3) is 0 Å². The maximum Gasteiger partial charge on any atom is 0.0689 e. The standard InChI is InChI=1S/C25H45N/c1-3-5-7-8-10-22-11-13-24(14-12-22)17-20-25(21-26)18-15-23(16-19-25)9-6-4-2/h22-24H,3-20H2,1-2H3/t22-,23-,24-,25-. The summed E-state index contributed by atoms with van der Waals surface area (Å²) in [5.74, 6) is 2.85. The van der Waals surface area contributed by atoms with E-state index < -0.39 is 0 Å². The first kappa shape index (κ1) is 21.8. The van der Waals surface area contributed by atoms with Crippen LogP contribution in [-0.2, 0) is 0 Å². The molecule has 0 aliphatic heterocycles. The third-order valence-electron chi connectivity index (χ3n) is 7.73. The van der Waals surface area contributed by atoms with Crippen LogP contribution in [0.3, 0.4) is 0 Å². The summed E-state index contributed by atoms with van der Waals surface area (Å²) in [7, 11) is 0. The summed E-state index contributed by atoms with van der Waals surface area (Å²) in [5, 5.41) is 9.87. The van der Waals surface area contributed by atoms with Gasteiger partial charge >= 0.3 is 0 Å². The highest BCUT2D eigenvalue weighted by molar-refractivity contribution is 5.01. The Morgan fingerprint density at radius 2 is 1.23 bits per heavy atom. The predicted molar refractivity (Wildman–Crippen MR) is 113 cm³/mol. The van der Waals surface area contributed by atoms with Crippen LogP contribution in [0.2, 0.25) is 0 Å². The van der Waals surface area contributed by atoms with Crippen molar-refractivity contribution < 1.29 is 0 Å². The maximum absolute atomic E-state index is 9.87. The molecule has 0 saturated heterocycles. The normalized spacial score (nSPS) is 32.3. The van der Waals surface area contributed by atoms with Crippen molar-refractivity contribution in [1.82, 2.24) is 0 Å². The first-order chi connectivity index (χ1) is 12.7. The summed E-state index contributed by atoms with van der Waals surface area (Å²) in [4.78, 5) is 0. The molecular formula is C25H45N. The van der Waals surface area contributed by atoms with Crippen molar-refractivity contribution in [2.24, 2.45) is 23.2 Å². The van der Waals surface area contributed by atoms with E-state index in [1.165, 1.54) is 116 Å². The molecule has 0 spiro atoms. The molecule has 0 aromatic heterocycles. The van der Waals surface area contributed by atoms with Crippen LogP contribution in [0.5, 0.6) is 0 Å². The molecule has 0 bridgehead atoms. The Morgan fingerprint density at radius 1 is 0.692 bits per heavy atom. The van der Waals surface area contributed by atoms with Crippen molar-refractivity contribution in [2.45, 2.75) is 129 Å². The SMILES string of the molecule is CCCCCC[C@H]1CC[C@H](CC[C@]2(C#N)CC[C@H](CCCC)CC2)CC1. The van der Waals surface area contributed by atoms with Gasteiger partial charge < -0.3 is 0 Å². The zero-order valence-corrected chi connectivity index (χ0v) is 17.9. The average molecular weight is 360 g/mol. The topological polar surface area (TPSA) is 23.8 Å². The molecular weight excluding hydrogens is 314 g/mol. The number of hydrogen-bond donors (Lipinski definition) is 0. The molecule has 2 rings (SSSR count). The molecule has 2 aliphatic rings. The Balaban J connectivity index is 1.63. The van der Waals surface area contributed by atoms with Crippen molar-refractivity contribution in [1.29, 1.82) is 5.26 Å². The summed E-state index contributed by atoms with van der Waals surface area (Å²) in [6.07, 6.45) is 24.6. The van der Waals surface area contributed by atoms with Crippen molar-refractivity contribution in [3.8, 4) is 6.07 Å². The lowest BCUT2D eigenvalue weighted by Gasteiger charge is -2.37. The van der Waals surface area contributed by atoms with E-state index in [4.69, 9.17) is 0 Å². The number of hydrogen-bond acceptors (Lipinski definition) is 1. The second-order valence-corrected chi connectivity index (χ2v) is 9.75. The summed E-state index contributed by atoms with van der Waals surface area (Å²) in [5.41, 5.74) is 0.0414. The molecule has 0 radical (unpaired) electrons.